The van der Waals surface area contributed by atoms with Gasteiger partial charge in [0, 0.05) is 6.42 Å². The molecule has 80 valence electrons. The first-order chi connectivity index (χ1) is 7.26. The third kappa shape index (κ3) is 3.98. The van der Waals surface area contributed by atoms with Gasteiger partial charge in [-0.15, -0.1) is 0 Å². The van der Waals surface area contributed by atoms with E-state index in [1.807, 2.05) is 37.3 Å². The molecule has 15 heavy (non-hydrogen) atoms. The molecule has 0 aromatic heterocycles. The van der Waals surface area contributed by atoms with Crippen LogP contribution in [0.2, 0.25) is 0 Å². The zero-order chi connectivity index (χ0) is 11.1. The van der Waals surface area contributed by atoms with Crippen molar-refractivity contribution >= 4 is 11.9 Å². The summed E-state index contributed by atoms with van der Waals surface area (Å²) in [5.74, 6) is 1.00. The molecular weight excluding hydrogens is 188 g/mol. The number of ether oxygens (including phenoxy) is 1. The molecule has 0 N–H and O–H groups in total. The van der Waals surface area contributed by atoms with E-state index in [9.17, 15) is 4.79 Å². The molecule has 0 saturated carbocycles. The first kappa shape index (κ1) is 11.5. The van der Waals surface area contributed by atoms with E-state index in [-0.39, 0.29) is 5.78 Å². The van der Waals surface area contributed by atoms with Crippen LogP contribution < -0.4 is 4.74 Å². The van der Waals surface area contributed by atoms with Crippen LogP contribution in [0, 0.1) is 0 Å². The van der Waals surface area contributed by atoms with Gasteiger partial charge in [0.2, 0.25) is 0 Å². The van der Waals surface area contributed by atoms with Crippen molar-refractivity contribution in [3.63, 3.8) is 0 Å². The van der Waals surface area contributed by atoms with Gasteiger partial charge in [0.25, 0.3) is 0 Å². The number of hydrogen-bond donors (Lipinski definition) is 0. The third-order valence-corrected chi connectivity index (χ3v) is 2.07. The fourth-order valence-corrected chi connectivity index (χ4v) is 1.23. The van der Waals surface area contributed by atoms with Gasteiger partial charge < -0.3 is 4.74 Å². The number of methoxy groups -OCH3 is 1. The molecule has 0 fully saturated rings. The summed E-state index contributed by atoms with van der Waals surface area (Å²) in [6.07, 6.45) is 4.97. The summed E-state index contributed by atoms with van der Waals surface area (Å²) in [5, 5.41) is 0. The smallest absolute Gasteiger partial charge is 0.155 e. The summed E-state index contributed by atoms with van der Waals surface area (Å²) >= 11 is 0. The molecule has 2 heteroatoms. The molecule has 0 amide bonds. The second kappa shape index (κ2) is 6.02. The number of rotatable bonds is 5. The normalized spacial score (nSPS) is 10.5. The maximum Gasteiger partial charge on any atom is 0.155 e. The highest BCUT2D eigenvalue weighted by atomic mass is 16.5. The zero-order valence-corrected chi connectivity index (χ0v) is 9.19. The molecule has 0 spiro atoms. The molecule has 0 unspecified atom stereocenters. The molecule has 1 aromatic carbocycles. The maximum atomic E-state index is 11.2. The SMILES string of the molecule is CCCC(=O)/C=C/c1ccc(OC)cc1. The van der Waals surface area contributed by atoms with Gasteiger partial charge in [-0.05, 0) is 30.2 Å². The van der Waals surface area contributed by atoms with Crippen LogP contribution in [-0.4, -0.2) is 12.9 Å². The van der Waals surface area contributed by atoms with Crippen molar-refractivity contribution in [1.82, 2.24) is 0 Å². The molecule has 1 aromatic rings. The molecule has 0 saturated heterocycles. The summed E-state index contributed by atoms with van der Waals surface area (Å²) in [5.41, 5.74) is 1.01. The number of carbonyl (C=O) groups is 1. The Labute approximate surface area is 90.6 Å². The van der Waals surface area contributed by atoms with E-state index in [0.29, 0.717) is 6.42 Å². The predicted molar refractivity (Wildman–Crippen MR) is 61.9 cm³/mol. The Morgan fingerprint density at radius 1 is 1.33 bits per heavy atom. The monoisotopic (exact) mass is 204 g/mol. The van der Waals surface area contributed by atoms with E-state index in [2.05, 4.69) is 0 Å². The van der Waals surface area contributed by atoms with Gasteiger partial charge in [-0.1, -0.05) is 25.1 Å². The molecule has 2 nitrogen and oxygen atoms in total. The largest absolute Gasteiger partial charge is 0.497 e. The predicted octanol–water partition coefficient (Wildman–Crippen LogP) is 3.08. The molecule has 0 aliphatic rings. The topological polar surface area (TPSA) is 26.3 Å². The third-order valence-electron chi connectivity index (χ3n) is 2.07. The summed E-state index contributed by atoms with van der Waals surface area (Å²) in [7, 11) is 1.63. The number of hydrogen-bond acceptors (Lipinski definition) is 2. The van der Waals surface area contributed by atoms with Crippen molar-refractivity contribution in [2.45, 2.75) is 19.8 Å². The molecule has 0 aliphatic carbocycles. The van der Waals surface area contributed by atoms with E-state index in [1.165, 1.54) is 0 Å². The molecule has 0 radical (unpaired) electrons. The van der Waals surface area contributed by atoms with Crippen molar-refractivity contribution in [1.29, 1.82) is 0 Å². The van der Waals surface area contributed by atoms with E-state index < -0.39 is 0 Å². The molecule has 0 atom stereocenters. The Balaban J connectivity index is 2.60. The first-order valence-corrected chi connectivity index (χ1v) is 5.11. The minimum absolute atomic E-state index is 0.174. The maximum absolute atomic E-state index is 11.2. The van der Waals surface area contributed by atoms with Gasteiger partial charge in [-0.2, -0.15) is 0 Å². The molecule has 1 rings (SSSR count). The fourth-order valence-electron chi connectivity index (χ4n) is 1.23. The minimum Gasteiger partial charge on any atom is -0.497 e. The lowest BCUT2D eigenvalue weighted by Crippen LogP contribution is -1.89. The molecule has 0 heterocycles. The van der Waals surface area contributed by atoms with Crippen LogP contribution in [0.4, 0.5) is 0 Å². The van der Waals surface area contributed by atoms with Crippen LogP contribution >= 0.6 is 0 Å². The first-order valence-electron chi connectivity index (χ1n) is 5.11. The van der Waals surface area contributed by atoms with Crippen LogP contribution in [0.25, 0.3) is 6.08 Å². The Bertz CT molecular complexity index is 336. The van der Waals surface area contributed by atoms with Crippen LogP contribution in [0.5, 0.6) is 5.75 Å². The average molecular weight is 204 g/mol. The van der Waals surface area contributed by atoms with Gasteiger partial charge in [0.05, 0.1) is 7.11 Å². The van der Waals surface area contributed by atoms with Gasteiger partial charge in [-0.25, -0.2) is 0 Å². The van der Waals surface area contributed by atoms with Gasteiger partial charge in [0.15, 0.2) is 5.78 Å². The van der Waals surface area contributed by atoms with Crippen LogP contribution in [0.15, 0.2) is 30.3 Å². The van der Waals surface area contributed by atoms with Gasteiger partial charge >= 0.3 is 0 Å². The van der Waals surface area contributed by atoms with Crippen LogP contribution in [0.1, 0.15) is 25.3 Å². The summed E-state index contributed by atoms with van der Waals surface area (Å²) in [4.78, 5) is 11.2. The average Bonchev–Trinajstić information content (AvgIpc) is 2.27. The van der Waals surface area contributed by atoms with E-state index in [4.69, 9.17) is 4.74 Å². The Hall–Kier alpha value is -1.57. The highest BCUT2D eigenvalue weighted by Crippen LogP contribution is 2.12. The summed E-state index contributed by atoms with van der Waals surface area (Å²) in [6.45, 7) is 2.00. The number of allylic oxidation sites excluding steroid dienone is 1. The van der Waals surface area contributed by atoms with E-state index in [0.717, 1.165) is 17.7 Å². The Kier molecular flexibility index (Phi) is 4.61. The van der Waals surface area contributed by atoms with Crippen LogP contribution in [-0.2, 0) is 4.79 Å². The number of benzene rings is 1. The van der Waals surface area contributed by atoms with Crippen molar-refractivity contribution in [2.75, 3.05) is 7.11 Å². The van der Waals surface area contributed by atoms with Gasteiger partial charge in [-0.3, -0.25) is 4.79 Å². The van der Waals surface area contributed by atoms with Gasteiger partial charge in [0.1, 0.15) is 5.75 Å². The van der Waals surface area contributed by atoms with Crippen LogP contribution in [0.3, 0.4) is 0 Å². The number of ketones is 1. The molecule has 0 aliphatic heterocycles. The Morgan fingerprint density at radius 2 is 2.00 bits per heavy atom. The minimum atomic E-state index is 0.174. The van der Waals surface area contributed by atoms with Crippen molar-refractivity contribution in [2.24, 2.45) is 0 Å². The summed E-state index contributed by atoms with van der Waals surface area (Å²) in [6, 6.07) is 7.61. The summed E-state index contributed by atoms with van der Waals surface area (Å²) < 4.78 is 5.04. The second-order valence-corrected chi connectivity index (χ2v) is 3.32. The second-order valence-electron chi connectivity index (χ2n) is 3.32. The fraction of sp³-hybridized carbons (Fsp3) is 0.308. The van der Waals surface area contributed by atoms with E-state index in [1.54, 1.807) is 13.2 Å². The zero-order valence-electron chi connectivity index (χ0n) is 9.19. The van der Waals surface area contributed by atoms with Crippen molar-refractivity contribution in [3.8, 4) is 5.75 Å². The lowest BCUT2D eigenvalue weighted by molar-refractivity contribution is -0.114. The lowest BCUT2D eigenvalue weighted by Gasteiger charge is -1.98. The molecular formula is C13H16O2. The van der Waals surface area contributed by atoms with Crippen molar-refractivity contribution < 1.29 is 9.53 Å². The highest BCUT2D eigenvalue weighted by molar-refractivity contribution is 5.93. The number of carbonyl (C=O) groups excluding carboxylic acids is 1. The van der Waals surface area contributed by atoms with Crippen molar-refractivity contribution in [3.05, 3.63) is 35.9 Å². The quantitative estimate of drug-likeness (QED) is 0.689. The Morgan fingerprint density at radius 3 is 2.53 bits per heavy atom. The van der Waals surface area contributed by atoms with E-state index >= 15 is 0 Å². The standard InChI is InChI=1S/C13H16O2/c1-3-4-12(14)8-5-11-6-9-13(15-2)10-7-11/h5-10H,3-4H2,1-2H3/b8-5+. The highest BCUT2D eigenvalue weighted by Gasteiger charge is 1.94. The lowest BCUT2D eigenvalue weighted by atomic mass is 10.1. The molecule has 0 bridgehead atoms.